The fourth-order valence-electron chi connectivity index (χ4n) is 4.03. The van der Waals surface area contributed by atoms with Crippen LogP contribution in [0.2, 0.25) is 0 Å². The summed E-state index contributed by atoms with van der Waals surface area (Å²) < 4.78 is 30.0. The molecule has 0 heterocycles. The molecule has 0 aromatic heterocycles. The van der Waals surface area contributed by atoms with Crippen LogP contribution in [0.3, 0.4) is 0 Å². The van der Waals surface area contributed by atoms with E-state index in [2.05, 4.69) is 0 Å². The summed E-state index contributed by atoms with van der Waals surface area (Å²) in [5, 5.41) is 0. The second-order valence-electron chi connectivity index (χ2n) is 6.00. The van der Waals surface area contributed by atoms with Crippen LogP contribution in [-0.2, 0) is 47.6 Å². The second kappa shape index (κ2) is 8.32. The summed E-state index contributed by atoms with van der Waals surface area (Å²) in [6.07, 6.45) is 0. The Morgan fingerprint density at radius 3 is 1.11 bits per heavy atom. The molecule has 10 nitrogen and oxygen atoms in total. The molecule has 10 heteroatoms. The normalized spacial score (nSPS) is 25.8. The third kappa shape index (κ3) is 2.98. The van der Waals surface area contributed by atoms with E-state index >= 15 is 0 Å². The molecule has 0 aliphatic heterocycles. The molecule has 0 aromatic rings. The quantitative estimate of drug-likeness (QED) is 0.445. The Morgan fingerprint density at radius 1 is 0.571 bits per heavy atom. The predicted octanol–water partition coefficient (Wildman–Crippen LogP) is -0.0286. The molecule has 2 unspecified atom stereocenters. The molecule has 0 saturated heterocycles. The van der Waals surface area contributed by atoms with Gasteiger partial charge >= 0.3 is 23.9 Å². The van der Waals surface area contributed by atoms with Crippen LogP contribution < -0.4 is 0 Å². The predicted molar refractivity (Wildman–Crippen MR) is 90.1 cm³/mol. The molecule has 0 fully saturated rings. The van der Waals surface area contributed by atoms with Gasteiger partial charge in [0.2, 0.25) is 0 Å². The minimum absolute atomic E-state index is 0.0424. The lowest BCUT2D eigenvalue weighted by atomic mass is 9.81. The van der Waals surface area contributed by atoms with Crippen molar-refractivity contribution in [3.63, 3.8) is 0 Å². The maximum absolute atomic E-state index is 12.6. The van der Waals surface area contributed by atoms with Crippen LogP contribution in [-0.4, -0.2) is 66.5 Å². The maximum Gasteiger partial charge on any atom is 0.337 e. The number of carbonyl (C=O) groups is 4. The zero-order valence-corrected chi connectivity index (χ0v) is 16.4. The highest BCUT2D eigenvalue weighted by molar-refractivity contribution is 6.00. The third-order valence-corrected chi connectivity index (χ3v) is 5.03. The number of methoxy groups -OCH3 is 6. The lowest BCUT2D eigenvalue weighted by Gasteiger charge is -2.22. The molecule has 0 spiro atoms. The average molecular weight is 398 g/mol. The number of hydrogen-bond donors (Lipinski definition) is 0. The van der Waals surface area contributed by atoms with Crippen LogP contribution in [0.1, 0.15) is 0 Å². The maximum atomic E-state index is 12.6. The summed E-state index contributed by atoms with van der Waals surface area (Å²) in [4.78, 5) is 50.2. The van der Waals surface area contributed by atoms with Gasteiger partial charge in [-0.05, 0) is 0 Å². The summed E-state index contributed by atoms with van der Waals surface area (Å²) in [5.41, 5.74) is -0.122. The Balaban J connectivity index is 2.83. The summed E-state index contributed by atoms with van der Waals surface area (Å²) in [6, 6.07) is 0. The Hall–Kier alpha value is -3.04. The first-order valence-electron chi connectivity index (χ1n) is 8.22. The van der Waals surface area contributed by atoms with E-state index in [1.54, 1.807) is 0 Å². The first-order chi connectivity index (χ1) is 13.3. The highest BCUT2D eigenvalue weighted by Gasteiger charge is 2.63. The van der Waals surface area contributed by atoms with E-state index < -0.39 is 47.5 Å². The number of rotatable bonds is 6. The van der Waals surface area contributed by atoms with Crippen molar-refractivity contribution in [3.05, 3.63) is 22.7 Å². The fraction of sp³-hybridized carbons (Fsp3) is 0.556. The molecule has 0 aromatic carbocycles. The molecule has 0 saturated carbocycles. The molecular formula is C18H22O10. The van der Waals surface area contributed by atoms with Gasteiger partial charge in [-0.15, -0.1) is 0 Å². The molecule has 2 aliphatic carbocycles. The van der Waals surface area contributed by atoms with Crippen LogP contribution in [0, 0.1) is 23.7 Å². The topological polar surface area (TPSA) is 124 Å². The average Bonchev–Trinajstić information content (AvgIpc) is 3.22. The van der Waals surface area contributed by atoms with Gasteiger partial charge in [-0.25, -0.2) is 9.59 Å². The molecule has 2 aliphatic rings. The summed E-state index contributed by atoms with van der Waals surface area (Å²) in [5.74, 6) is -7.57. The molecule has 0 N–H and O–H groups in total. The number of esters is 4. The van der Waals surface area contributed by atoms with Crippen molar-refractivity contribution in [3.8, 4) is 0 Å². The highest BCUT2D eigenvalue weighted by Crippen LogP contribution is 2.57. The largest absolute Gasteiger partial charge is 0.500 e. The summed E-state index contributed by atoms with van der Waals surface area (Å²) in [6.45, 7) is 0. The molecule has 4 atom stereocenters. The number of fused-ring (bicyclic) bond motifs is 1. The second-order valence-corrected chi connectivity index (χ2v) is 6.00. The van der Waals surface area contributed by atoms with Crippen molar-refractivity contribution in [2.24, 2.45) is 23.7 Å². The van der Waals surface area contributed by atoms with E-state index in [1.807, 2.05) is 0 Å². The van der Waals surface area contributed by atoms with Gasteiger partial charge in [-0.1, -0.05) is 0 Å². The first kappa shape index (κ1) is 21.3. The van der Waals surface area contributed by atoms with Crippen LogP contribution in [0.5, 0.6) is 0 Å². The Bertz CT molecular complexity index is 698. The minimum Gasteiger partial charge on any atom is -0.500 e. The Morgan fingerprint density at radius 2 is 0.893 bits per heavy atom. The van der Waals surface area contributed by atoms with Crippen molar-refractivity contribution < 1.29 is 47.6 Å². The van der Waals surface area contributed by atoms with Crippen molar-refractivity contribution in [1.82, 2.24) is 0 Å². The van der Waals surface area contributed by atoms with E-state index in [-0.39, 0.29) is 22.7 Å². The lowest BCUT2D eigenvalue weighted by molar-refractivity contribution is -0.150. The third-order valence-electron chi connectivity index (χ3n) is 5.03. The van der Waals surface area contributed by atoms with Gasteiger partial charge in [0.1, 0.15) is 23.4 Å². The Labute approximate surface area is 161 Å². The lowest BCUT2D eigenvalue weighted by Crippen LogP contribution is -2.32. The Kier molecular flexibility index (Phi) is 6.32. The van der Waals surface area contributed by atoms with Crippen LogP contribution in [0.25, 0.3) is 0 Å². The van der Waals surface area contributed by atoms with Gasteiger partial charge in [0.25, 0.3) is 0 Å². The van der Waals surface area contributed by atoms with E-state index in [0.717, 1.165) is 28.4 Å². The molecule has 0 radical (unpaired) electrons. The van der Waals surface area contributed by atoms with Crippen LogP contribution in [0.15, 0.2) is 22.7 Å². The monoisotopic (exact) mass is 398 g/mol. The van der Waals surface area contributed by atoms with Crippen molar-refractivity contribution >= 4 is 23.9 Å². The van der Waals surface area contributed by atoms with Gasteiger partial charge in [-0.3, -0.25) is 9.59 Å². The van der Waals surface area contributed by atoms with E-state index in [9.17, 15) is 19.2 Å². The molecule has 28 heavy (non-hydrogen) atoms. The molecule has 0 amide bonds. The van der Waals surface area contributed by atoms with Crippen molar-refractivity contribution in [1.29, 1.82) is 0 Å². The highest BCUT2D eigenvalue weighted by atomic mass is 16.5. The first-order valence-corrected chi connectivity index (χ1v) is 8.22. The zero-order chi connectivity index (χ0) is 21.2. The van der Waals surface area contributed by atoms with Crippen molar-refractivity contribution in [2.45, 2.75) is 0 Å². The number of ether oxygens (including phenoxy) is 6. The van der Waals surface area contributed by atoms with E-state index in [1.165, 1.54) is 14.2 Å². The number of hydrogen-bond acceptors (Lipinski definition) is 10. The standard InChI is InChI=1S/C18H22O10/c1-23-13-9(15(19)25-3)7-8(10(13)16(20)26-4)12(18(22)28-6)14(24-2)11(7)17(21)27-5/h7-9,12H,1-6H3/t7-,8+,9?,12?/m0/s1. The van der Waals surface area contributed by atoms with Crippen LogP contribution >= 0.6 is 0 Å². The molecule has 154 valence electrons. The van der Waals surface area contributed by atoms with Crippen LogP contribution in [0.4, 0.5) is 0 Å². The number of carbonyl (C=O) groups excluding carboxylic acids is 4. The SMILES string of the molecule is COC(=O)C1=C(OC)C(C(=O)OC)[C@H]2C(C(=O)OC)=C(OC)C(C(=O)OC)[C@@H]12. The summed E-state index contributed by atoms with van der Waals surface area (Å²) in [7, 11) is 7.15. The smallest absolute Gasteiger partial charge is 0.337 e. The van der Waals surface area contributed by atoms with E-state index in [0.29, 0.717) is 0 Å². The van der Waals surface area contributed by atoms with Gasteiger partial charge < -0.3 is 28.4 Å². The van der Waals surface area contributed by atoms with E-state index in [4.69, 9.17) is 28.4 Å². The molecule has 0 bridgehead atoms. The fourth-order valence-corrected chi connectivity index (χ4v) is 4.03. The van der Waals surface area contributed by atoms with Crippen molar-refractivity contribution in [2.75, 3.05) is 42.7 Å². The van der Waals surface area contributed by atoms with Gasteiger partial charge in [0.15, 0.2) is 0 Å². The van der Waals surface area contributed by atoms with Gasteiger partial charge in [0.05, 0.1) is 53.8 Å². The zero-order valence-electron chi connectivity index (χ0n) is 16.4. The van der Waals surface area contributed by atoms with Gasteiger partial charge in [-0.2, -0.15) is 0 Å². The molecular weight excluding hydrogens is 376 g/mol. The summed E-state index contributed by atoms with van der Waals surface area (Å²) >= 11 is 0. The van der Waals surface area contributed by atoms with Gasteiger partial charge in [0, 0.05) is 11.8 Å². The molecule has 2 rings (SSSR count). The minimum atomic E-state index is -1.18.